The third-order valence-electron chi connectivity index (χ3n) is 4.66. The number of benzene rings is 2. The van der Waals surface area contributed by atoms with Crippen LogP contribution in [-0.2, 0) is 6.54 Å². The highest BCUT2D eigenvalue weighted by Crippen LogP contribution is 2.25. The zero-order valence-corrected chi connectivity index (χ0v) is 16.2. The van der Waals surface area contributed by atoms with Gasteiger partial charge in [0.25, 0.3) is 5.91 Å². The Kier molecular flexibility index (Phi) is 4.77. The van der Waals surface area contributed by atoms with E-state index in [4.69, 9.17) is 4.98 Å². The lowest BCUT2D eigenvalue weighted by Crippen LogP contribution is -2.31. The monoisotopic (exact) mass is 375 g/mol. The zero-order chi connectivity index (χ0) is 18.8. The number of amides is 1. The van der Waals surface area contributed by atoms with Crippen molar-refractivity contribution in [2.45, 2.75) is 20.4 Å². The van der Waals surface area contributed by atoms with E-state index in [9.17, 15) is 4.79 Å². The molecule has 2 heterocycles. The van der Waals surface area contributed by atoms with Crippen LogP contribution >= 0.6 is 11.3 Å². The molecular weight excluding hydrogens is 354 g/mol. The summed E-state index contributed by atoms with van der Waals surface area (Å²) in [6.07, 6.45) is 1.96. The smallest absolute Gasteiger partial charge is 0.272 e. The first-order valence-corrected chi connectivity index (χ1v) is 9.90. The maximum Gasteiger partial charge on any atom is 0.272 e. The Hall–Kier alpha value is -2.92. The van der Waals surface area contributed by atoms with Crippen LogP contribution in [0.25, 0.3) is 16.2 Å². The molecule has 0 bridgehead atoms. The second-order valence-corrected chi connectivity index (χ2v) is 7.41. The molecule has 0 aliphatic rings. The van der Waals surface area contributed by atoms with E-state index < -0.39 is 0 Å². The molecule has 0 N–H and O–H groups in total. The lowest BCUT2D eigenvalue weighted by Gasteiger charge is -2.20. The molecule has 4 aromatic rings. The molecule has 0 saturated heterocycles. The van der Waals surface area contributed by atoms with Crippen LogP contribution in [0.5, 0.6) is 0 Å². The molecule has 0 spiro atoms. The van der Waals surface area contributed by atoms with E-state index in [2.05, 4.69) is 31.2 Å². The molecule has 2 aromatic carbocycles. The van der Waals surface area contributed by atoms with Crippen LogP contribution in [0, 0.1) is 6.92 Å². The van der Waals surface area contributed by atoms with Crippen molar-refractivity contribution in [2.75, 3.05) is 6.54 Å². The van der Waals surface area contributed by atoms with E-state index in [0.29, 0.717) is 18.8 Å². The largest absolute Gasteiger partial charge is 0.333 e. The summed E-state index contributed by atoms with van der Waals surface area (Å²) in [5.41, 5.74) is 4.97. The minimum Gasteiger partial charge on any atom is -0.333 e. The van der Waals surface area contributed by atoms with Gasteiger partial charge in [-0.3, -0.25) is 9.20 Å². The molecule has 0 radical (unpaired) electrons. The summed E-state index contributed by atoms with van der Waals surface area (Å²) in [4.78, 5) is 20.5. The molecule has 0 unspecified atom stereocenters. The molecule has 0 atom stereocenters. The average Bonchev–Trinajstić information content (AvgIpc) is 3.28. The molecule has 0 aliphatic heterocycles. The first kappa shape index (κ1) is 17.5. The molecule has 1 amide bonds. The SMILES string of the molecule is CCN(Cc1ccccc1)C(=O)c1csc2nc(-c3ccc(C)cc3)cn12. The van der Waals surface area contributed by atoms with Crippen LogP contribution in [0.3, 0.4) is 0 Å². The zero-order valence-electron chi connectivity index (χ0n) is 15.4. The van der Waals surface area contributed by atoms with Crippen LogP contribution in [0.2, 0.25) is 0 Å². The van der Waals surface area contributed by atoms with Gasteiger partial charge in [-0.25, -0.2) is 4.98 Å². The van der Waals surface area contributed by atoms with E-state index in [-0.39, 0.29) is 5.91 Å². The van der Waals surface area contributed by atoms with Crippen molar-refractivity contribution in [3.05, 3.63) is 83.0 Å². The van der Waals surface area contributed by atoms with E-state index in [1.165, 1.54) is 16.9 Å². The average molecular weight is 375 g/mol. The molecular formula is C22H21N3OS. The van der Waals surface area contributed by atoms with Gasteiger partial charge < -0.3 is 4.90 Å². The van der Waals surface area contributed by atoms with Crippen LogP contribution in [-0.4, -0.2) is 26.7 Å². The lowest BCUT2D eigenvalue weighted by atomic mass is 10.1. The van der Waals surface area contributed by atoms with Crippen molar-refractivity contribution < 1.29 is 4.79 Å². The summed E-state index contributed by atoms with van der Waals surface area (Å²) < 4.78 is 1.91. The number of thiazole rings is 1. The molecule has 5 heteroatoms. The second kappa shape index (κ2) is 7.37. The topological polar surface area (TPSA) is 37.6 Å². The Morgan fingerprint density at radius 2 is 1.85 bits per heavy atom. The third kappa shape index (κ3) is 3.51. The van der Waals surface area contributed by atoms with E-state index in [0.717, 1.165) is 21.8 Å². The van der Waals surface area contributed by atoms with Gasteiger partial charge in [-0.1, -0.05) is 60.2 Å². The summed E-state index contributed by atoms with van der Waals surface area (Å²) in [7, 11) is 0. The minimum absolute atomic E-state index is 0.0282. The number of aryl methyl sites for hydroxylation is 1. The van der Waals surface area contributed by atoms with Crippen molar-refractivity contribution in [1.82, 2.24) is 14.3 Å². The van der Waals surface area contributed by atoms with Crippen LogP contribution in [0.4, 0.5) is 0 Å². The van der Waals surface area contributed by atoms with Crippen LogP contribution < -0.4 is 0 Å². The van der Waals surface area contributed by atoms with Crippen molar-refractivity contribution in [3.8, 4) is 11.3 Å². The Morgan fingerprint density at radius 1 is 1.11 bits per heavy atom. The molecule has 4 nitrogen and oxygen atoms in total. The minimum atomic E-state index is 0.0282. The maximum absolute atomic E-state index is 13.1. The Bertz CT molecular complexity index is 1060. The summed E-state index contributed by atoms with van der Waals surface area (Å²) in [6.45, 7) is 5.34. The van der Waals surface area contributed by atoms with Gasteiger partial charge in [0.05, 0.1) is 5.69 Å². The fraction of sp³-hybridized carbons (Fsp3) is 0.182. The predicted octanol–water partition coefficient (Wildman–Crippen LogP) is 5.03. The van der Waals surface area contributed by atoms with Crippen LogP contribution in [0.15, 0.2) is 66.2 Å². The molecule has 4 rings (SSSR count). The highest BCUT2D eigenvalue weighted by Gasteiger charge is 2.20. The van der Waals surface area contributed by atoms with E-state index in [1.807, 2.05) is 58.1 Å². The fourth-order valence-electron chi connectivity index (χ4n) is 3.09. The van der Waals surface area contributed by atoms with Gasteiger partial charge >= 0.3 is 0 Å². The predicted molar refractivity (Wildman–Crippen MR) is 110 cm³/mol. The van der Waals surface area contributed by atoms with Gasteiger partial charge in [0.15, 0.2) is 4.96 Å². The molecule has 2 aromatic heterocycles. The van der Waals surface area contributed by atoms with Crippen molar-refractivity contribution in [1.29, 1.82) is 0 Å². The highest BCUT2D eigenvalue weighted by molar-refractivity contribution is 7.15. The number of fused-ring (bicyclic) bond motifs is 1. The normalized spacial score (nSPS) is 11.0. The number of rotatable bonds is 5. The number of hydrogen-bond donors (Lipinski definition) is 0. The second-order valence-electron chi connectivity index (χ2n) is 6.57. The van der Waals surface area contributed by atoms with E-state index >= 15 is 0 Å². The number of hydrogen-bond acceptors (Lipinski definition) is 3. The Morgan fingerprint density at radius 3 is 2.56 bits per heavy atom. The lowest BCUT2D eigenvalue weighted by molar-refractivity contribution is 0.0746. The van der Waals surface area contributed by atoms with Gasteiger partial charge in [-0.05, 0) is 19.4 Å². The third-order valence-corrected chi connectivity index (χ3v) is 5.50. The highest BCUT2D eigenvalue weighted by atomic mass is 32.1. The fourth-order valence-corrected chi connectivity index (χ4v) is 3.94. The molecule has 0 fully saturated rings. The summed E-state index contributed by atoms with van der Waals surface area (Å²) in [5.74, 6) is 0.0282. The number of imidazole rings is 1. The van der Waals surface area contributed by atoms with Crippen LogP contribution in [0.1, 0.15) is 28.5 Å². The summed E-state index contributed by atoms with van der Waals surface area (Å²) >= 11 is 1.50. The number of aromatic nitrogens is 2. The van der Waals surface area contributed by atoms with Gasteiger partial charge in [-0.2, -0.15) is 0 Å². The number of carbonyl (C=O) groups is 1. The first-order chi connectivity index (χ1) is 13.2. The number of carbonyl (C=O) groups excluding carboxylic acids is 1. The Labute approximate surface area is 162 Å². The maximum atomic E-state index is 13.1. The first-order valence-electron chi connectivity index (χ1n) is 9.02. The molecule has 0 aliphatic carbocycles. The molecule has 0 saturated carbocycles. The van der Waals surface area contributed by atoms with Gasteiger partial charge in [0, 0.05) is 30.2 Å². The van der Waals surface area contributed by atoms with Gasteiger partial charge in [0.1, 0.15) is 5.69 Å². The molecule has 27 heavy (non-hydrogen) atoms. The van der Waals surface area contributed by atoms with Crippen molar-refractivity contribution in [3.63, 3.8) is 0 Å². The van der Waals surface area contributed by atoms with Gasteiger partial charge in [-0.15, -0.1) is 11.3 Å². The van der Waals surface area contributed by atoms with E-state index in [1.54, 1.807) is 0 Å². The quantitative estimate of drug-likeness (QED) is 0.490. The Balaban J connectivity index is 1.64. The van der Waals surface area contributed by atoms with Gasteiger partial charge in [0.2, 0.25) is 0 Å². The van der Waals surface area contributed by atoms with Crippen molar-refractivity contribution in [2.24, 2.45) is 0 Å². The standard InChI is InChI=1S/C22H21N3OS/c1-3-24(13-17-7-5-4-6-8-17)21(26)20-15-27-22-23-19(14-25(20)22)18-11-9-16(2)10-12-18/h4-12,14-15H,3,13H2,1-2H3. The number of nitrogens with zero attached hydrogens (tertiary/aromatic N) is 3. The summed E-state index contributed by atoms with van der Waals surface area (Å²) in [5, 5.41) is 1.90. The van der Waals surface area contributed by atoms with Crippen molar-refractivity contribution >= 4 is 22.2 Å². The summed E-state index contributed by atoms with van der Waals surface area (Å²) in [6, 6.07) is 18.4. The molecule has 136 valence electrons.